The van der Waals surface area contributed by atoms with E-state index >= 15 is 0 Å². The van der Waals surface area contributed by atoms with E-state index in [1.165, 1.54) is 11.3 Å². The Morgan fingerprint density at radius 1 is 1.25 bits per heavy atom. The van der Waals surface area contributed by atoms with Gasteiger partial charge in [-0.2, -0.15) is 0 Å². The standard InChI is InChI=1S/C18H15N5O4S/c19-18-21-15(14(23-25)8-1-4-11-12(5-8)27-7-26-11)10-6-13(28-17(10)22-18)16(24)20-9-2-3-9/h1,4-6,9,25H,2-3,7H2,(H,20,24)(H2,19,21,22)/b23-14+. The summed E-state index contributed by atoms with van der Waals surface area (Å²) in [6, 6.07) is 7.11. The average molecular weight is 397 g/mol. The number of thiophene rings is 1. The number of nitrogen functional groups attached to an aromatic ring is 1. The number of fused-ring (bicyclic) bond motifs is 2. The molecule has 0 bridgehead atoms. The summed E-state index contributed by atoms with van der Waals surface area (Å²) in [5.41, 5.74) is 6.97. The van der Waals surface area contributed by atoms with Crippen LogP contribution in [0.25, 0.3) is 10.2 Å². The molecule has 3 aromatic rings. The Bertz CT molecular complexity index is 1140. The topological polar surface area (TPSA) is 132 Å². The Morgan fingerprint density at radius 2 is 2.07 bits per heavy atom. The molecular formula is C18H15N5O4S. The first-order chi connectivity index (χ1) is 13.6. The molecule has 1 amide bonds. The lowest BCUT2D eigenvalue weighted by atomic mass is 10.0. The van der Waals surface area contributed by atoms with Crippen molar-refractivity contribution >= 4 is 39.1 Å². The van der Waals surface area contributed by atoms with E-state index in [0.29, 0.717) is 37.9 Å². The monoisotopic (exact) mass is 397 g/mol. The van der Waals surface area contributed by atoms with Gasteiger partial charge in [0, 0.05) is 17.0 Å². The molecule has 1 aliphatic heterocycles. The van der Waals surface area contributed by atoms with E-state index in [1.54, 1.807) is 24.3 Å². The molecule has 28 heavy (non-hydrogen) atoms. The molecule has 1 saturated carbocycles. The van der Waals surface area contributed by atoms with Crippen molar-refractivity contribution in [3.8, 4) is 11.5 Å². The Labute approximate surface area is 162 Å². The quantitative estimate of drug-likeness (QED) is 0.349. The number of carbonyl (C=O) groups excluding carboxylic acids is 1. The number of benzene rings is 1. The second-order valence-corrected chi connectivity index (χ2v) is 7.55. The number of aromatic nitrogens is 2. The van der Waals surface area contributed by atoms with Crippen LogP contribution >= 0.6 is 11.3 Å². The SMILES string of the molecule is Nc1nc(/C(=N/O)c2ccc3c(c2)OCO3)c2cc(C(=O)NC3CC3)sc2n1. The predicted molar refractivity (Wildman–Crippen MR) is 102 cm³/mol. The molecule has 0 unspecified atom stereocenters. The molecule has 0 radical (unpaired) electrons. The zero-order valence-electron chi connectivity index (χ0n) is 14.5. The van der Waals surface area contributed by atoms with Crippen LogP contribution in [0.1, 0.15) is 33.8 Å². The molecule has 1 aromatic carbocycles. The first-order valence-corrected chi connectivity index (χ1v) is 9.44. The number of rotatable bonds is 4. The van der Waals surface area contributed by atoms with Gasteiger partial charge in [0.1, 0.15) is 16.2 Å². The fourth-order valence-electron chi connectivity index (χ4n) is 3.00. The highest BCUT2D eigenvalue weighted by Crippen LogP contribution is 2.34. The van der Waals surface area contributed by atoms with E-state index in [0.717, 1.165) is 12.8 Å². The minimum atomic E-state index is -0.152. The van der Waals surface area contributed by atoms with E-state index in [9.17, 15) is 10.0 Å². The maximum absolute atomic E-state index is 12.4. The van der Waals surface area contributed by atoms with Crippen molar-refractivity contribution in [3.63, 3.8) is 0 Å². The molecule has 5 rings (SSSR count). The van der Waals surface area contributed by atoms with Gasteiger partial charge in [0.05, 0.1) is 4.88 Å². The van der Waals surface area contributed by atoms with Crippen LogP contribution < -0.4 is 20.5 Å². The molecule has 2 aliphatic rings. The molecule has 3 heterocycles. The summed E-state index contributed by atoms with van der Waals surface area (Å²) in [7, 11) is 0. The zero-order chi connectivity index (χ0) is 19.3. The Kier molecular flexibility index (Phi) is 3.79. The Balaban J connectivity index is 1.60. The first-order valence-electron chi connectivity index (χ1n) is 8.63. The summed E-state index contributed by atoms with van der Waals surface area (Å²) >= 11 is 1.22. The van der Waals surface area contributed by atoms with Crippen molar-refractivity contribution in [1.29, 1.82) is 0 Å². The van der Waals surface area contributed by atoms with E-state index < -0.39 is 0 Å². The van der Waals surface area contributed by atoms with Gasteiger partial charge in [-0.25, -0.2) is 9.97 Å². The van der Waals surface area contributed by atoms with Gasteiger partial charge in [-0.15, -0.1) is 11.3 Å². The second-order valence-electron chi connectivity index (χ2n) is 6.52. The summed E-state index contributed by atoms with van der Waals surface area (Å²) in [5.74, 6) is 1.04. The van der Waals surface area contributed by atoms with Crippen LogP contribution in [0, 0.1) is 0 Å². The predicted octanol–water partition coefficient (Wildman–Crippen LogP) is 2.12. The first kappa shape index (κ1) is 16.8. The number of hydrogen-bond donors (Lipinski definition) is 3. The van der Waals surface area contributed by atoms with Crippen molar-refractivity contribution in [2.24, 2.45) is 5.16 Å². The van der Waals surface area contributed by atoms with Gasteiger partial charge in [-0.3, -0.25) is 4.79 Å². The summed E-state index contributed by atoms with van der Waals surface area (Å²) in [6.07, 6.45) is 2.00. The van der Waals surface area contributed by atoms with Gasteiger partial charge < -0.3 is 25.7 Å². The van der Waals surface area contributed by atoms with Crippen molar-refractivity contribution in [1.82, 2.24) is 15.3 Å². The largest absolute Gasteiger partial charge is 0.454 e. The van der Waals surface area contributed by atoms with Crippen LogP contribution in [-0.4, -0.2) is 39.6 Å². The normalized spacial score (nSPS) is 15.8. The van der Waals surface area contributed by atoms with Gasteiger partial charge in [0.2, 0.25) is 12.7 Å². The summed E-state index contributed by atoms with van der Waals surface area (Å²) < 4.78 is 10.7. The summed E-state index contributed by atoms with van der Waals surface area (Å²) in [4.78, 5) is 22.0. The molecule has 10 heteroatoms. The van der Waals surface area contributed by atoms with E-state index in [-0.39, 0.29) is 30.4 Å². The van der Waals surface area contributed by atoms with Gasteiger partial charge in [0.25, 0.3) is 5.91 Å². The van der Waals surface area contributed by atoms with Crippen molar-refractivity contribution in [2.75, 3.05) is 12.5 Å². The number of amides is 1. The van der Waals surface area contributed by atoms with Crippen LogP contribution in [0.3, 0.4) is 0 Å². The van der Waals surface area contributed by atoms with Crippen LogP contribution in [0.2, 0.25) is 0 Å². The number of nitrogens with one attached hydrogen (secondary N) is 1. The number of anilines is 1. The fourth-order valence-corrected chi connectivity index (χ4v) is 3.94. The second kappa shape index (κ2) is 6.34. The highest BCUT2D eigenvalue weighted by Gasteiger charge is 2.26. The van der Waals surface area contributed by atoms with Crippen LogP contribution in [0.4, 0.5) is 5.95 Å². The highest BCUT2D eigenvalue weighted by atomic mass is 32.1. The molecule has 142 valence electrons. The molecule has 0 atom stereocenters. The molecule has 9 nitrogen and oxygen atoms in total. The van der Waals surface area contributed by atoms with Gasteiger partial charge in [-0.1, -0.05) is 5.16 Å². The highest BCUT2D eigenvalue weighted by molar-refractivity contribution is 7.20. The summed E-state index contributed by atoms with van der Waals surface area (Å²) in [6.45, 7) is 0.138. The molecule has 0 spiro atoms. The van der Waals surface area contributed by atoms with Crippen molar-refractivity contribution in [2.45, 2.75) is 18.9 Å². The third-order valence-corrected chi connectivity index (χ3v) is 5.54. The van der Waals surface area contributed by atoms with Gasteiger partial charge in [0.15, 0.2) is 11.5 Å². The van der Waals surface area contributed by atoms with Crippen molar-refractivity contribution in [3.05, 3.63) is 40.4 Å². The molecule has 2 aromatic heterocycles. The van der Waals surface area contributed by atoms with Crippen LogP contribution in [-0.2, 0) is 0 Å². The van der Waals surface area contributed by atoms with E-state index in [2.05, 4.69) is 20.4 Å². The maximum Gasteiger partial charge on any atom is 0.261 e. The number of nitrogens with two attached hydrogens (primary N) is 1. The van der Waals surface area contributed by atoms with Crippen LogP contribution in [0.15, 0.2) is 29.4 Å². The third kappa shape index (κ3) is 2.87. The maximum atomic E-state index is 12.4. The minimum absolute atomic E-state index is 0.0281. The minimum Gasteiger partial charge on any atom is -0.454 e. The van der Waals surface area contributed by atoms with E-state index in [1.807, 2.05) is 0 Å². The fraction of sp³-hybridized carbons (Fsp3) is 0.222. The summed E-state index contributed by atoms with van der Waals surface area (Å²) in [5, 5.41) is 16.7. The molecule has 1 aliphatic carbocycles. The van der Waals surface area contributed by atoms with Gasteiger partial charge in [-0.05, 0) is 37.1 Å². The van der Waals surface area contributed by atoms with Crippen LogP contribution in [0.5, 0.6) is 11.5 Å². The Morgan fingerprint density at radius 3 is 2.86 bits per heavy atom. The van der Waals surface area contributed by atoms with E-state index in [4.69, 9.17) is 15.2 Å². The van der Waals surface area contributed by atoms with Crippen molar-refractivity contribution < 1.29 is 19.5 Å². The number of oxime groups is 1. The molecular weight excluding hydrogens is 382 g/mol. The third-order valence-electron chi connectivity index (χ3n) is 4.52. The lowest BCUT2D eigenvalue weighted by Crippen LogP contribution is -2.24. The molecule has 1 fully saturated rings. The zero-order valence-corrected chi connectivity index (χ0v) is 15.3. The number of carbonyl (C=O) groups is 1. The molecule has 4 N–H and O–H groups in total. The lowest BCUT2D eigenvalue weighted by molar-refractivity contribution is 0.0955. The number of ether oxygens (including phenoxy) is 2. The van der Waals surface area contributed by atoms with Gasteiger partial charge >= 0.3 is 0 Å². The average Bonchev–Trinajstić information content (AvgIpc) is 3.19. The number of nitrogens with zero attached hydrogens (tertiary/aromatic N) is 3. The Hall–Kier alpha value is -3.40. The smallest absolute Gasteiger partial charge is 0.261 e. The molecule has 0 saturated heterocycles. The number of hydrogen-bond acceptors (Lipinski definition) is 9. The lowest BCUT2D eigenvalue weighted by Gasteiger charge is -2.07.